The minimum absolute atomic E-state index is 0.173. The lowest BCUT2D eigenvalue weighted by atomic mass is 10.1. The zero-order valence-electron chi connectivity index (χ0n) is 13.0. The second-order valence-electron chi connectivity index (χ2n) is 5.84. The Kier molecular flexibility index (Phi) is 7.73. The van der Waals surface area contributed by atoms with E-state index in [1.54, 1.807) is 6.20 Å². The van der Waals surface area contributed by atoms with Crippen molar-refractivity contribution >= 4 is 0 Å². The quantitative estimate of drug-likeness (QED) is 0.730. The Labute approximate surface area is 122 Å². The molecule has 0 aliphatic rings. The molecule has 2 N–H and O–H groups in total. The van der Waals surface area contributed by atoms with E-state index >= 15 is 0 Å². The maximum atomic E-state index is 9.92. The Balaban J connectivity index is 2.21. The lowest BCUT2D eigenvalue weighted by Crippen LogP contribution is -2.33. The molecular formula is C16H28N2O2. The lowest BCUT2D eigenvalue weighted by Gasteiger charge is -2.20. The van der Waals surface area contributed by atoms with Gasteiger partial charge in [0.1, 0.15) is 0 Å². The Morgan fingerprint density at radius 3 is 2.65 bits per heavy atom. The standard InChI is InChI=1S/C16H28N2O2/c1-12(2)8-13(3)20-11-16(19)10-18-14(4)15-6-5-7-17-9-15/h5-7,9,12-14,16,18-19H,8,10-11H2,1-4H3. The Hall–Kier alpha value is -0.970. The van der Waals surface area contributed by atoms with E-state index in [0.29, 0.717) is 19.1 Å². The molecule has 0 fully saturated rings. The smallest absolute Gasteiger partial charge is 0.0898 e. The first-order valence-electron chi connectivity index (χ1n) is 7.42. The van der Waals surface area contributed by atoms with E-state index in [0.717, 1.165) is 12.0 Å². The first-order chi connectivity index (χ1) is 9.49. The van der Waals surface area contributed by atoms with E-state index in [2.05, 4.69) is 38.0 Å². The van der Waals surface area contributed by atoms with Crippen molar-refractivity contribution in [3.63, 3.8) is 0 Å². The number of hydrogen-bond acceptors (Lipinski definition) is 4. The van der Waals surface area contributed by atoms with Gasteiger partial charge >= 0.3 is 0 Å². The van der Waals surface area contributed by atoms with Gasteiger partial charge < -0.3 is 15.2 Å². The molecule has 1 heterocycles. The highest BCUT2D eigenvalue weighted by atomic mass is 16.5. The summed E-state index contributed by atoms with van der Waals surface area (Å²) in [6.45, 7) is 9.36. The van der Waals surface area contributed by atoms with E-state index in [1.165, 1.54) is 0 Å². The predicted molar refractivity (Wildman–Crippen MR) is 81.5 cm³/mol. The third-order valence-electron chi connectivity index (χ3n) is 3.22. The first-order valence-corrected chi connectivity index (χ1v) is 7.42. The number of aromatic nitrogens is 1. The van der Waals surface area contributed by atoms with Crippen molar-refractivity contribution < 1.29 is 9.84 Å². The second-order valence-corrected chi connectivity index (χ2v) is 5.84. The summed E-state index contributed by atoms with van der Waals surface area (Å²) in [5, 5.41) is 13.2. The molecule has 1 rings (SSSR count). The topological polar surface area (TPSA) is 54.4 Å². The van der Waals surface area contributed by atoms with Crippen LogP contribution in [0.25, 0.3) is 0 Å². The predicted octanol–water partition coefficient (Wildman–Crippen LogP) is 2.54. The van der Waals surface area contributed by atoms with Gasteiger partial charge in [0.25, 0.3) is 0 Å². The summed E-state index contributed by atoms with van der Waals surface area (Å²) in [5.41, 5.74) is 1.12. The van der Waals surface area contributed by atoms with Crippen molar-refractivity contribution in [3.05, 3.63) is 30.1 Å². The van der Waals surface area contributed by atoms with Gasteiger partial charge in [0.05, 0.1) is 18.8 Å². The van der Waals surface area contributed by atoms with Crippen LogP contribution in [0.4, 0.5) is 0 Å². The molecule has 0 saturated carbocycles. The van der Waals surface area contributed by atoms with Gasteiger partial charge in [-0.1, -0.05) is 19.9 Å². The molecule has 4 nitrogen and oxygen atoms in total. The summed E-state index contributed by atoms with van der Waals surface area (Å²) in [6, 6.07) is 4.12. The van der Waals surface area contributed by atoms with Crippen LogP contribution in [0.1, 0.15) is 45.7 Å². The molecule has 0 aliphatic carbocycles. The van der Waals surface area contributed by atoms with E-state index in [-0.39, 0.29) is 12.1 Å². The van der Waals surface area contributed by atoms with Crippen LogP contribution in [0.5, 0.6) is 0 Å². The summed E-state index contributed by atoms with van der Waals surface area (Å²) in [5.74, 6) is 0.617. The van der Waals surface area contributed by atoms with Gasteiger partial charge in [-0.05, 0) is 37.8 Å². The molecule has 0 spiro atoms. The molecule has 0 aliphatic heterocycles. The molecule has 3 atom stereocenters. The summed E-state index contributed by atoms with van der Waals surface area (Å²) < 4.78 is 5.65. The van der Waals surface area contributed by atoms with Gasteiger partial charge in [-0.15, -0.1) is 0 Å². The van der Waals surface area contributed by atoms with Crippen LogP contribution in [0.3, 0.4) is 0 Å². The largest absolute Gasteiger partial charge is 0.389 e. The van der Waals surface area contributed by atoms with E-state index in [1.807, 2.05) is 18.3 Å². The molecule has 0 amide bonds. The minimum Gasteiger partial charge on any atom is -0.389 e. The van der Waals surface area contributed by atoms with Gasteiger partial charge in [0, 0.05) is 25.0 Å². The SMILES string of the molecule is CC(C)CC(C)OCC(O)CNC(C)c1cccnc1. The summed E-state index contributed by atoms with van der Waals surface area (Å²) in [4.78, 5) is 4.09. The molecule has 114 valence electrons. The number of nitrogens with zero attached hydrogens (tertiary/aromatic N) is 1. The Morgan fingerprint density at radius 1 is 1.30 bits per heavy atom. The molecule has 20 heavy (non-hydrogen) atoms. The van der Waals surface area contributed by atoms with Gasteiger partial charge in [0.15, 0.2) is 0 Å². The van der Waals surface area contributed by atoms with Gasteiger partial charge in [0.2, 0.25) is 0 Å². The molecule has 0 bridgehead atoms. The molecule has 1 aromatic rings. The minimum atomic E-state index is -0.483. The number of aliphatic hydroxyl groups excluding tert-OH is 1. The Bertz CT molecular complexity index is 357. The maximum Gasteiger partial charge on any atom is 0.0898 e. The second kappa shape index (κ2) is 9.06. The van der Waals surface area contributed by atoms with Crippen molar-refractivity contribution in [2.24, 2.45) is 5.92 Å². The molecule has 0 aromatic carbocycles. The van der Waals surface area contributed by atoms with Gasteiger partial charge in [-0.3, -0.25) is 4.98 Å². The molecule has 0 saturated heterocycles. The normalized spacial score (nSPS) is 16.1. The molecular weight excluding hydrogens is 252 g/mol. The number of hydrogen-bond donors (Lipinski definition) is 2. The van der Waals surface area contributed by atoms with Crippen LogP contribution in [-0.2, 0) is 4.74 Å². The van der Waals surface area contributed by atoms with Crippen LogP contribution >= 0.6 is 0 Å². The van der Waals surface area contributed by atoms with Crippen molar-refractivity contribution in [3.8, 4) is 0 Å². The third-order valence-corrected chi connectivity index (χ3v) is 3.22. The van der Waals surface area contributed by atoms with E-state index in [4.69, 9.17) is 4.74 Å². The van der Waals surface area contributed by atoms with E-state index < -0.39 is 6.10 Å². The monoisotopic (exact) mass is 280 g/mol. The summed E-state index contributed by atoms with van der Waals surface area (Å²) >= 11 is 0. The highest BCUT2D eigenvalue weighted by Gasteiger charge is 2.11. The molecule has 1 aromatic heterocycles. The summed E-state index contributed by atoms with van der Waals surface area (Å²) in [7, 11) is 0. The van der Waals surface area contributed by atoms with Gasteiger partial charge in [-0.2, -0.15) is 0 Å². The van der Waals surface area contributed by atoms with Crippen LogP contribution in [-0.4, -0.2) is 35.5 Å². The Morgan fingerprint density at radius 2 is 2.05 bits per heavy atom. The molecule has 4 heteroatoms. The average molecular weight is 280 g/mol. The van der Waals surface area contributed by atoms with Crippen molar-refractivity contribution in [1.82, 2.24) is 10.3 Å². The van der Waals surface area contributed by atoms with Crippen LogP contribution < -0.4 is 5.32 Å². The summed E-state index contributed by atoms with van der Waals surface area (Å²) in [6.07, 6.45) is 4.33. The lowest BCUT2D eigenvalue weighted by molar-refractivity contribution is -0.00914. The average Bonchev–Trinajstić information content (AvgIpc) is 2.42. The fourth-order valence-corrected chi connectivity index (χ4v) is 2.13. The number of ether oxygens (including phenoxy) is 1. The first kappa shape index (κ1) is 17.1. The molecule has 0 radical (unpaired) electrons. The third kappa shape index (κ3) is 6.98. The fraction of sp³-hybridized carbons (Fsp3) is 0.688. The van der Waals surface area contributed by atoms with Crippen LogP contribution in [0, 0.1) is 5.92 Å². The van der Waals surface area contributed by atoms with Crippen LogP contribution in [0.2, 0.25) is 0 Å². The highest BCUT2D eigenvalue weighted by Crippen LogP contribution is 2.10. The number of aliphatic hydroxyl groups is 1. The molecule has 3 unspecified atom stereocenters. The maximum absolute atomic E-state index is 9.92. The highest BCUT2D eigenvalue weighted by molar-refractivity contribution is 5.12. The fourth-order valence-electron chi connectivity index (χ4n) is 2.13. The zero-order chi connectivity index (χ0) is 15.0. The number of nitrogens with one attached hydrogen (secondary N) is 1. The van der Waals surface area contributed by atoms with Crippen molar-refractivity contribution in [2.45, 2.75) is 52.4 Å². The number of rotatable bonds is 9. The van der Waals surface area contributed by atoms with Crippen LogP contribution in [0.15, 0.2) is 24.5 Å². The van der Waals surface area contributed by atoms with Gasteiger partial charge in [-0.25, -0.2) is 0 Å². The van der Waals surface area contributed by atoms with Crippen molar-refractivity contribution in [1.29, 1.82) is 0 Å². The van der Waals surface area contributed by atoms with Crippen molar-refractivity contribution in [2.75, 3.05) is 13.2 Å². The number of pyridine rings is 1. The van der Waals surface area contributed by atoms with E-state index in [9.17, 15) is 5.11 Å². The zero-order valence-corrected chi connectivity index (χ0v) is 13.0.